The molecule has 1 saturated carbocycles. The number of urea groups is 1. The van der Waals surface area contributed by atoms with Crippen molar-refractivity contribution >= 4 is 12.0 Å². The fraction of sp³-hybridized carbons (Fsp3) is 0.857. The van der Waals surface area contributed by atoms with Gasteiger partial charge in [0.1, 0.15) is 0 Å². The van der Waals surface area contributed by atoms with Crippen molar-refractivity contribution in [3.8, 4) is 0 Å². The molecule has 0 aliphatic heterocycles. The predicted octanol–water partition coefficient (Wildman–Crippen LogP) is 1.57. The molecular formula is C14H26N2O4. The van der Waals surface area contributed by atoms with Crippen LogP contribution < -0.4 is 5.32 Å². The summed E-state index contributed by atoms with van der Waals surface area (Å²) in [4.78, 5) is 24.4. The lowest BCUT2D eigenvalue weighted by Gasteiger charge is -2.31. The lowest BCUT2D eigenvalue weighted by Crippen LogP contribution is -2.49. The summed E-state index contributed by atoms with van der Waals surface area (Å²) >= 11 is 0. The highest BCUT2D eigenvalue weighted by Crippen LogP contribution is 2.18. The maximum Gasteiger partial charge on any atom is 0.317 e. The quantitative estimate of drug-likeness (QED) is 0.691. The van der Waals surface area contributed by atoms with E-state index in [0.29, 0.717) is 13.0 Å². The van der Waals surface area contributed by atoms with Gasteiger partial charge in [-0.15, -0.1) is 0 Å². The Morgan fingerprint density at radius 2 is 1.85 bits per heavy atom. The fourth-order valence-corrected chi connectivity index (χ4v) is 2.47. The summed E-state index contributed by atoms with van der Waals surface area (Å²) in [6.07, 6.45) is 3.36. The highest BCUT2D eigenvalue weighted by atomic mass is 16.4. The second-order valence-electron chi connectivity index (χ2n) is 5.74. The van der Waals surface area contributed by atoms with Crippen molar-refractivity contribution in [3.05, 3.63) is 0 Å². The number of aliphatic hydroxyl groups excluding tert-OH is 1. The zero-order valence-corrected chi connectivity index (χ0v) is 12.3. The molecule has 0 heterocycles. The minimum absolute atomic E-state index is 0.0398. The van der Waals surface area contributed by atoms with Crippen molar-refractivity contribution < 1.29 is 19.8 Å². The van der Waals surface area contributed by atoms with Gasteiger partial charge in [-0.1, -0.05) is 0 Å². The van der Waals surface area contributed by atoms with Gasteiger partial charge in [0.25, 0.3) is 0 Å². The number of hydrogen-bond acceptors (Lipinski definition) is 3. The SMILES string of the molecule is CC(C)N(CCCC(=O)O)C(=O)NC1CCC(O)CC1. The number of carboxylic acids is 1. The zero-order chi connectivity index (χ0) is 15.1. The summed E-state index contributed by atoms with van der Waals surface area (Å²) in [5.41, 5.74) is 0. The van der Waals surface area contributed by atoms with Crippen LogP contribution in [-0.2, 0) is 4.79 Å². The molecular weight excluding hydrogens is 260 g/mol. The lowest BCUT2D eigenvalue weighted by atomic mass is 9.93. The molecule has 1 rings (SSSR count). The molecule has 0 bridgehead atoms. The molecule has 20 heavy (non-hydrogen) atoms. The molecule has 0 radical (unpaired) electrons. The van der Waals surface area contributed by atoms with Gasteiger partial charge in [-0.3, -0.25) is 4.79 Å². The van der Waals surface area contributed by atoms with Crippen molar-refractivity contribution in [1.29, 1.82) is 0 Å². The summed E-state index contributed by atoms with van der Waals surface area (Å²) in [6, 6.07) is 0.0244. The molecule has 6 heteroatoms. The first-order valence-corrected chi connectivity index (χ1v) is 7.37. The minimum Gasteiger partial charge on any atom is -0.481 e. The number of aliphatic carboxylic acids is 1. The Hall–Kier alpha value is -1.30. The van der Waals surface area contributed by atoms with E-state index in [9.17, 15) is 14.7 Å². The van der Waals surface area contributed by atoms with Gasteiger partial charge in [0.2, 0.25) is 0 Å². The average Bonchev–Trinajstić information content (AvgIpc) is 2.36. The van der Waals surface area contributed by atoms with Gasteiger partial charge in [-0.2, -0.15) is 0 Å². The Bertz CT molecular complexity index is 325. The van der Waals surface area contributed by atoms with Gasteiger partial charge in [0.05, 0.1) is 6.10 Å². The molecule has 0 aromatic rings. The van der Waals surface area contributed by atoms with Crippen molar-refractivity contribution in [2.75, 3.05) is 6.54 Å². The van der Waals surface area contributed by atoms with Gasteiger partial charge in [0, 0.05) is 25.0 Å². The highest BCUT2D eigenvalue weighted by molar-refractivity contribution is 5.75. The van der Waals surface area contributed by atoms with Crippen LogP contribution in [0.5, 0.6) is 0 Å². The Morgan fingerprint density at radius 1 is 1.25 bits per heavy atom. The fourth-order valence-electron chi connectivity index (χ4n) is 2.47. The number of carboxylic acid groups (broad SMARTS) is 1. The Kier molecular flexibility index (Phi) is 6.78. The molecule has 1 aliphatic carbocycles. The van der Waals surface area contributed by atoms with Crippen molar-refractivity contribution in [1.82, 2.24) is 10.2 Å². The van der Waals surface area contributed by atoms with Crippen LogP contribution in [-0.4, -0.2) is 51.8 Å². The topological polar surface area (TPSA) is 89.9 Å². The first kappa shape index (κ1) is 16.8. The largest absolute Gasteiger partial charge is 0.481 e. The molecule has 1 aliphatic rings. The third-order valence-electron chi connectivity index (χ3n) is 3.70. The first-order valence-electron chi connectivity index (χ1n) is 7.37. The average molecular weight is 286 g/mol. The maximum absolute atomic E-state index is 12.2. The van der Waals surface area contributed by atoms with E-state index in [1.807, 2.05) is 13.8 Å². The number of nitrogens with zero attached hydrogens (tertiary/aromatic N) is 1. The lowest BCUT2D eigenvalue weighted by molar-refractivity contribution is -0.137. The Labute approximate surface area is 120 Å². The van der Waals surface area contributed by atoms with Crippen molar-refractivity contribution in [2.45, 2.75) is 70.6 Å². The molecule has 1 fully saturated rings. The summed E-state index contributed by atoms with van der Waals surface area (Å²) in [7, 11) is 0. The van der Waals surface area contributed by atoms with Gasteiger partial charge >= 0.3 is 12.0 Å². The smallest absolute Gasteiger partial charge is 0.317 e. The number of carbonyl (C=O) groups excluding carboxylic acids is 1. The van der Waals surface area contributed by atoms with E-state index < -0.39 is 5.97 Å². The normalized spacial score (nSPS) is 22.6. The molecule has 0 saturated heterocycles. The molecule has 0 aromatic carbocycles. The molecule has 2 amide bonds. The molecule has 0 atom stereocenters. The van der Waals surface area contributed by atoms with E-state index in [1.54, 1.807) is 4.90 Å². The molecule has 116 valence electrons. The van der Waals surface area contributed by atoms with E-state index in [2.05, 4.69) is 5.32 Å². The van der Waals surface area contributed by atoms with E-state index in [-0.39, 0.29) is 30.6 Å². The Balaban J connectivity index is 2.41. The minimum atomic E-state index is -0.838. The maximum atomic E-state index is 12.2. The number of rotatable bonds is 6. The second kappa shape index (κ2) is 8.09. The van der Waals surface area contributed by atoms with E-state index >= 15 is 0 Å². The van der Waals surface area contributed by atoms with Crippen LogP contribution in [0, 0.1) is 0 Å². The van der Waals surface area contributed by atoms with Crippen LogP contribution in [0.25, 0.3) is 0 Å². The number of nitrogens with one attached hydrogen (secondary N) is 1. The third kappa shape index (κ3) is 5.77. The molecule has 0 aromatic heterocycles. The number of carbonyl (C=O) groups is 2. The van der Waals surface area contributed by atoms with Crippen molar-refractivity contribution in [3.63, 3.8) is 0 Å². The van der Waals surface area contributed by atoms with E-state index in [4.69, 9.17) is 5.11 Å². The summed E-state index contributed by atoms with van der Waals surface area (Å²) in [6.45, 7) is 4.29. The van der Waals surface area contributed by atoms with E-state index in [0.717, 1.165) is 25.7 Å². The summed E-state index contributed by atoms with van der Waals surface area (Å²) < 4.78 is 0. The summed E-state index contributed by atoms with van der Waals surface area (Å²) in [5.74, 6) is -0.838. The highest BCUT2D eigenvalue weighted by Gasteiger charge is 2.24. The van der Waals surface area contributed by atoms with Crippen LogP contribution in [0.4, 0.5) is 4.79 Å². The Morgan fingerprint density at radius 3 is 2.35 bits per heavy atom. The van der Waals surface area contributed by atoms with Gasteiger partial charge in [-0.05, 0) is 46.0 Å². The van der Waals surface area contributed by atoms with Crippen LogP contribution >= 0.6 is 0 Å². The van der Waals surface area contributed by atoms with E-state index in [1.165, 1.54) is 0 Å². The summed E-state index contributed by atoms with van der Waals surface area (Å²) in [5, 5.41) is 21.1. The first-order chi connectivity index (χ1) is 9.40. The van der Waals surface area contributed by atoms with Gasteiger partial charge in [-0.25, -0.2) is 4.79 Å². The third-order valence-corrected chi connectivity index (χ3v) is 3.70. The number of amides is 2. The van der Waals surface area contributed by atoms with Crippen molar-refractivity contribution in [2.24, 2.45) is 0 Å². The van der Waals surface area contributed by atoms with Gasteiger partial charge < -0.3 is 20.4 Å². The molecule has 0 spiro atoms. The van der Waals surface area contributed by atoms with Crippen LogP contribution in [0.1, 0.15) is 52.4 Å². The molecule has 3 N–H and O–H groups in total. The molecule has 0 unspecified atom stereocenters. The predicted molar refractivity (Wildman–Crippen MR) is 75.5 cm³/mol. The molecule has 6 nitrogen and oxygen atoms in total. The van der Waals surface area contributed by atoms with Crippen LogP contribution in [0.15, 0.2) is 0 Å². The zero-order valence-electron chi connectivity index (χ0n) is 12.3. The standard InChI is InChI=1S/C14H26N2O4/c1-10(2)16(9-3-4-13(18)19)14(20)15-11-5-7-12(17)8-6-11/h10-12,17H,3-9H2,1-2H3,(H,15,20)(H,18,19). The second-order valence-corrected chi connectivity index (χ2v) is 5.74. The van der Waals surface area contributed by atoms with Gasteiger partial charge in [0.15, 0.2) is 0 Å². The van der Waals surface area contributed by atoms with Crippen LogP contribution in [0.2, 0.25) is 0 Å². The monoisotopic (exact) mass is 286 g/mol. The number of aliphatic hydroxyl groups is 1. The number of hydrogen-bond donors (Lipinski definition) is 3. The van der Waals surface area contributed by atoms with Crippen LogP contribution in [0.3, 0.4) is 0 Å².